The summed E-state index contributed by atoms with van der Waals surface area (Å²) in [6.07, 6.45) is 2.30. The molecule has 0 aromatic heterocycles. The molecule has 23 heavy (non-hydrogen) atoms. The highest BCUT2D eigenvalue weighted by atomic mass is 32.2. The van der Waals surface area contributed by atoms with Crippen LogP contribution in [0, 0.1) is 0 Å². The zero-order chi connectivity index (χ0) is 17.0. The van der Waals surface area contributed by atoms with Gasteiger partial charge in [0, 0.05) is 35.6 Å². The maximum atomic E-state index is 12.6. The molecule has 1 unspecified atom stereocenters. The van der Waals surface area contributed by atoms with E-state index in [0.29, 0.717) is 29.3 Å². The first kappa shape index (κ1) is 17.6. The van der Waals surface area contributed by atoms with Crippen LogP contribution in [0.15, 0.2) is 36.9 Å². The van der Waals surface area contributed by atoms with Gasteiger partial charge in [0.2, 0.25) is 5.91 Å². The van der Waals surface area contributed by atoms with E-state index in [9.17, 15) is 18.0 Å². The van der Waals surface area contributed by atoms with Gasteiger partial charge >= 0.3 is 0 Å². The topological polar surface area (TPSA) is 83.6 Å². The molecule has 1 fully saturated rings. The number of amides is 2. The highest BCUT2D eigenvalue weighted by Gasteiger charge is 2.34. The number of hydrogen-bond donors (Lipinski definition) is 1. The molecule has 2 rings (SSSR count). The maximum Gasteiger partial charge on any atom is 0.254 e. The van der Waals surface area contributed by atoms with Crippen molar-refractivity contribution in [1.29, 1.82) is 0 Å². The van der Waals surface area contributed by atoms with Crippen molar-refractivity contribution in [3.05, 3.63) is 42.5 Å². The van der Waals surface area contributed by atoms with E-state index in [1.54, 1.807) is 24.3 Å². The number of anilines is 1. The standard InChI is InChI=1S/C15H18N2O4S2/c1-3-13(18)16-12-6-4-11(5-7-12)15(19)17-8-9-22-10-14(17)23(2,20)21/h3-7,14H,1,8-10H2,2H3,(H,16,18). The number of benzene rings is 1. The highest BCUT2D eigenvalue weighted by Crippen LogP contribution is 2.23. The lowest BCUT2D eigenvalue weighted by Crippen LogP contribution is -2.49. The van der Waals surface area contributed by atoms with Gasteiger partial charge in [-0.25, -0.2) is 8.42 Å². The zero-order valence-electron chi connectivity index (χ0n) is 12.7. The predicted octanol–water partition coefficient (Wildman–Crippen LogP) is 1.37. The van der Waals surface area contributed by atoms with Crippen LogP contribution in [0.5, 0.6) is 0 Å². The fourth-order valence-electron chi connectivity index (χ4n) is 2.22. The molecule has 6 nitrogen and oxygen atoms in total. The molecule has 0 radical (unpaired) electrons. The normalized spacial score (nSPS) is 18.3. The van der Waals surface area contributed by atoms with Crippen molar-refractivity contribution in [2.24, 2.45) is 0 Å². The summed E-state index contributed by atoms with van der Waals surface area (Å²) in [7, 11) is -3.34. The van der Waals surface area contributed by atoms with Crippen LogP contribution in [0.25, 0.3) is 0 Å². The third-order valence-electron chi connectivity index (χ3n) is 3.42. The largest absolute Gasteiger partial charge is 0.323 e. The van der Waals surface area contributed by atoms with Crippen LogP contribution in [0.1, 0.15) is 10.4 Å². The van der Waals surface area contributed by atoms with Crippen LogP contribution in [0.3, 0.4) is 0 Å². The number of rotatable bonds is 4. The van der Waals surface area contributed by atoms with Crippen LogP contribution in [0.4, 0.5) is 5.69 Å². The zero-order valence-corrected chi connectivity index (χ0v) is 14.3. The number of sulfone groups is 1. The molecule has 1 N–H and O–H groups in total. The summed E-state index contributed by atoms with van der Waals surface area (Å²) in [5.74, 6) is 0.445. The van der Waals surface area contributed by atoms with Crippen molar-refractivity contribution in [2.75, 3.05) is 29.6 Å². The van der Waals surface area contributed by atoms with Crippen molar-refractivity contribution >= 4 is 39.1 Å². The Balaban J connectivity index is 2.18. The van der Waals surface area contributed by atoms with E-state index in [0.717, 1.165) is 12.3 Å². The van der Waals surface area contributed by atoms with Crippen molar-refractivity contribution < 1.29 is 18.0 Å². The van der Waals surface area contributed by atoms with Gasteiger partial charge in [-0.05, 0) is 30.3 Å². The predicted molar refractivity (Wildman–Crippen MR) is 92.3 cm³/mol. The molecule has 1 heterocycles. The van der Waals surface area contributed by atoms with Gasteiger partial charge in [0.25, 0.3) is 5.91 Å². The molecule has 8 heteroatoms. The molecule has 1 saturated heterocycles. The smallest absolute Gasteiger partial charge is 0.254 e. The Morgan fingerprint density at radius 1 is 1.35 bits per heavy atom. The molecule has 0 bridgehead atoms. The second-order valence-electron chi connectivity index (χ2n) is 5.13. The fraction of sp³-hybridized carbons (Fsp3) is 0.333. The second kappa shape index (κ2) is 7.18. The third kappa shape index (κ3) is 4.35. The second-order valence-corrected chi connectivity index (χ2v) is 8.48. The van der Waals surface area contributed by atoms with Crippen molar-refractivity contribution in [3.63, 3.8) is 0 Å². The molecule has 124 valence electrons. The quantitative estimate of drug-likeness (QED) is 0.826. The van der Waals surface area contributed by atoms with E-state index in [1.165, 1.54) is 16.7 Å². The number of thioether (sulfide) groups is 1. The molecule has 1 aromatic rings. The highest BCUT2D eigenvalue weighted by molar-refractivity contribution is 8.00. The third-order valence-corrected chi connectivity index (χ3v) is 6.07. The Bertz CT molecular complexity index is 713. The van der Waals surface area contributed by atoms with Gasteiger partial charge in [-0.15, -0.1) is 0 Å². The first-order chi connectivity index (χ1) is 10.8. The lowest BCUT2D eigenvalue weighted by atomic mass is 10.1. The average molecular weight is 354 g/mol. The van der Waals surface area contributed by atoms with Crippen LogP contribution in [-0.4, -0.2) is 54.8 Å². The Hall–Kier alpha value is -1.80. The van der Waals surface area contributed by atoms with Gasteiger partial charge in [-0.1, -0.05) is 6.58 Å². The Morgan fingerprint density at radius 3 is 2.57 bits per heavy atom. The number of carbonyl (C=O) groups is 2. The number of nitrogens with zero attached hydrogens (tertiary/aromatic N) is 1. The van der Waals surface area contributed by atoms with Crippen LogP contribution in [-0.2, 0) is 14.6 Å². The Labute approximate surface area is 139 Å². The Kier molecular flexibility index (Phi) is 5.48. The molecular formula is C15H18N2O4S2. The summed E-state index contributed by atoms with van der Waals surface area (Å²) in [6.45, 7) is 3.76. The summed E-state index contributed by atoms with van der Waals surface area (Å²) >= 11 is 1.53. The van der Waals surface area contributed by atoms with E-state index in [-0.39, 0.29) is 11.8 Å². The molecule has 0 saturated carbocycles. The molecule has 1 aromatic carbocycles. The van der Waals surface area contributed by atoms with Gasteiger partial charge in [-0.2, -0.15) is 11.8 Å². The van der Waals surface area contributed by atoms with Gasteiger partial charge in [0.1, 0.15) is 5.37 Å². The van der Waals surface area contributed by atoms with E-state index >= 15 is 0 Å². The van der Waals surface area contributed by atoms with Crippen LogP contribution in [0.2, 0.25) is 0 Å². The molecule has 1 aliphatic rings. The summed E-state index contributed by atoms with van der Waals surface area (Å²) in [5, 5.41) is 1.79. The lowest BCUT2D eigenvalue weighted by Gasteiger charge is -2.34. The monoisotopic (exact) mass is 354 g/mol. The number of carbonyl (C=O) groups excluding carboxylic acids is 2. The molecule has 1 aliphatic heterocycles. The molecule has 0 aliphatic carbocycles. The number of hydrogen-bond acceptors (Lipinski definition) is 5. The van der Waals surface area contributed by atoms with Gasteiger partial charge in [-0.3, -0.25) is 9.59 Å². The first-order valence-corrected chi connectivity index (χ1v) is 10.0. The van der Waals surface area contributed by atoms with E-state index in [4.69, 9.17) is 0 Å². The minimum absolute atomic E-state index is 0.317. The summed E-state index contributed by atoms with van der Waals surface area (Å²) in [4.78, 5) is 25.2. The molecule has 2 amide bonds. The van der Waals surface area contributed by atoms with E-state index < -0.39 is 15.2 Å². The first-order valence-electron chi connectivity index (χ1n) is 6.94. The van der Waals surface area contributed by atoms with Gasteiger partial charge < -0.3 is 10.2 Å². The van der Waals surface area contributed by atoms with Crippen LogP contribution >= 0.6 is 11.8 Å². The van der Waals surface area contributed by atoms with Gasteiger partial charge in [0.15, 0.2) is 9.84 Å². The van der Waals surface area contributed by atoms with Crippen molar-refractivity contribution in [1.82, 2.24) is 4.90 Å². The fourth-order valence-corrected chi connectivity index (χ4v) is 5.04. The number of nitrogens with one attached hydrogen (secondary N) is 1. The van der Waals surface area contributed by atoms with E-state index in [1.807, 2.05) is 0 Å². The summed E-state index contributed by atoms with van der Waals surface area (Å²) < 4.78 is 23.8. The Morgan fingerprint density at radius 2 is 2.00 bits per heavy atom. The minimum atomic E-state index is -3.34. The van der Waals surface area contributed by atoms with Crippen molar-refractivity contribution in [3.8, 4) is 0 Å². The lowest BCUT2D eigenvalue weighted by molar-refractivity contribution is -0.111. The summed E-state index contributed by atoms with van der Waals surface area (Å²) in [6, 6.07) is 6.34. The van der Waals surface area contributed by atoms with E-state index in [2.05, 4.69) is 11.9 Å². The van der Waals surface area contributed by atoms with Crippen molar-refractivity contribution in [2.45, 2.75) is 5.37 Å². The SMILES string of the molecule is C=CC(=O)Nc1ccc(C(=O)N2CCSCC2S(C)(=O)=O)cc1. The van der Waals surface area contributed by atoms with Gasteiger partial charge in [0.05, 0.1) is 0 Å². The molecular weight excluding hydrogens is 336 g/mol. The molecule has 1 atom stereocenters. The van der Waals surface area contributed by atoms with Crippen LogP contribution < -0.4 is 5.32 Å². The molecule has 0 spiro atoms. The minimum Gasteiger partial charge on any atom is -0.323 e. The summed E-state index contributed by atoms with van der Waals surface area (Å²) in [5.41, 5.74) is 0.933. The maximum absolute atomic E-state index is 12.6. The average Bonchev–Trinajstić information content (AvgIpc) is 2.54.